The molecule has 0 aliphatic heterocycles. The highest BCUT2D eigenvalue weighted by molar-refractivity contribution is 5.13. The highest BCUT2D eigenvalue weighted by Gasteiger charge is 2.14. The molecule has 1 aromatic rings. The number of unbranched alkanes of at least 4 members (excludes halogenated alkanes) is 1. The van der Waals surface area contributed by atoms with E-state index in [0.717, 1.165) is 17.4 Å². The van der Waals surface area contributed by atoms with Crippen LogP contribution < -0.4 is 0 Å². The Bertz CT molecular complexity index is 287. The van der Waals surface area contributed by atoms with Gasteiger partial charge in [0, 0.05) is 5.56 Å². The Labute approximate surface area is 93.6 Å². The van der Waals surface area contributed by atoms with Crippen molar-refractivity contribution in [2.45, 2.75) is 19.4 Å². The van der Waals surface area contributed by atoms with Gasteiger partial charge in [-0.2, -0.15) is 0 Å². The molecule has 1 heteroatoms. The van der Waals surface area contributed by atoms with E-state index >= 15 is 0 Å². The molecular weight excluding hydrogens is 182 g/mol. The molecule has 0 radical (unpaired) electrons. The van der Waals surface area contributed by atoms with Crippen LogP contribution in [0.1, 0.15) is 18.4 Å². The van der Waals surface area contributed by atoms with E-state index in [2.05, 4.69) is 51.0 Å². The fourth-order valence-corrected chi connectivity index (χ4v) is 1.82. The van der Waals surface area contributed by atoms with Crippen LogP contribution in [0.15, 0.2) is 43.0 Å². The molecule has 82 valence electrons. The number of benzene rings is 1. The molecular formula is C14H22N+. The number of rotatable bonds is 6. The number of hydrogen-bond acceptors (Lipinski definition) is 0. The third-order valence-corrected chi connectivity index (χ3v) is 2.63. The summed E-state index contributed by atoms with van der Waals surface area (Å²) in [5, 5.41) is 0. The van der Waals surface area contributed by atoms with E-state index in [1.165, 1.54) is 18.5 Å². The van der Waals surface area contributed by atoms with Crippen LogP contribution in [0.25, 0.3) is 0 Å². The molecule has 0 aliphatic carbocycles. The summed E-state index contributed by atoms with van der Waals surface area (Å²) in [6.07, 6.45) is 4.35. The largest absolute Gasteiger partial charge is 0.325 e. The van der Waals surface area contributed by atoms with Gasteiger partial charge in [-0.3, -0.25) is 0 Å². The molecule has 1 aromatic carbocycles. The molecule has 0 N–H and O–H groups in total. The van der Waals surface area contributed by atoms with Crippen LogP contribution in [0.4, 0.5) is 0 Å². The zero-order valence-electron chi connectivity index (χ0n) is 9.95. The second kappa shape index (κ2) is 5.72. The summed E-state index contributed by atoms with van der Waals surface area (Å²) < 4.78 is 1.05. The number of hydrogen-bond donors (Lipinski definition) is 0. The normalized spacial score (nSPS) is 11.3. The summed E-state index contributed by atoms with van der Waals surface area (Å²) in [7, 11) is 4.58. The predicted octanol–water partition coefficient (Wildman–Crippen LogP) is 3.23. The Kier molecular flexibility index (Phi) is 4.57. The number of nitrogens with zero attached hydrogens (tertiary/aromatic N) is 1. The Morgan fingerprint density at radius 1 is 1.20 bits per heavy atom. The lowest BCUT2D eigenvalue weighted by molar-refractivity contribution is -0.903. The van der Waals surface area contributed by atoms with E-state index in [1.807, 2.05) is 6.08 Å². The van der Waals surface area contributed by atoms with Crippen LogP contribution in [0.5, 0.6) is 0 Å². The van der Waals surface area contributed by atoms with Gasteiger partial charge >= 0.3 is 0 Å². The SMILES string of the molecule is C=CCCC[N+](C)(C)Cc1ccccc1. The molecule has 15 heavy (non-hydrogen) atoms. The molecule has 0 aliphatic rings. The van der Waals surface area contributed by atoms with Crippen molar-refractivity contribution < 1.29 is 4.48 Å². The molecule has 0 heterocycles. The minimum absolute atomic E-state index is 1.05. The first-order valence-corrected chi connectivity index (χ1v) is 5.61. The monoisotopic (exact) mass is 204 g/mol. The van der Waals surface area contributed by atoms with E-state index in [-0.39, 0.29) is 0 Å². The summed E-state index contributed by atoms with van der Waals surface area (Å²) >= 11 is 0. The Morgan fingerprint density at radius 2 is 1.87 bits per heavy atom. The summed E-state index contributed by atoms with van der Waals surface area (Å²) in [4.78, 5) is 0. The molecule has 0 aromatic heterocycles. The molecule has 0 fully saturated rings. The maximum atomic E-state index is 3.76. The van der Waals surface area contributed by atoms with Crippen LogP contribution in [-0.4, -0.2) is 25.1 Å². The average Bonchev–Trinajstić information content (AvgIpc) is 2.18. The maximum absolute atomic E-state index is 3.76. The van der Waals surface area contributed by atoms with Gasteiger partial charge in [0.05, 0.1) is 20.6 Å². The van der Waals surface area contributed by atoms with Crippen LogP contribution in [-0.2, 0) is 6.54 Å². The maximum Gasteiger partial charge on any atom is 0.104 e. The highest BCUT2D eigenvalue weighted by atomic mass is 15.3. The van der Waals surface area contributed by atoms with Gasteiger partial charge in [0.1, 0.15) is 6.54 Å². The lowest BCUT2D eigenvalue weighted by atomic mass is 10.2. The second-order valence-electron chi connectivity index (χ2n) is 4.73. The summed E-state index contributed by atoms with van der Waals surface area (Å²) in [5.74, 6) is 0. The van der Waals surface area contributed by atoms with Crippen molar-refractivity contribution in [3.8, 4) is 0 Å². The third-order valence-electron chi connectivity index (χ3n) is 2.63. The van der Waals surface area contributed by atoms with Crippen molar-refractivity contribution in [3.63, 3.8) is 0 Å². The molecule has 0 spiro atoms. The molecule has 1 rings (SSSR count). The molecule has 0 atom stereocenters. The van der Waals surface area contributed by atoms with Crippen LogP contribution in [0, 0.1) is 0 Å². The van der Waals surface area contributed by atoms with Crippen molar-refractivity contribution >= 4 is 0 Å². The molecule has 0 amide bonds. The topological polar surface area (TPSA) is 0 Å². The quantitative estimate of drug-likeness (QED) is 0.379. The van der Waals surface area contributed by atoms with Gasteiger partial charge in [0.15, 0.2) is 0 Å². The first-order valence-electron chi connectivity index (χ1n) is 5.61. The average molecular weight is 204 g/mol. The highest BCUT2D eigenvalue weighted by Crippen LogP contribution is 2.10. The Hall–Kier alpha value is -1.08. The molecule has 0 unspecified atom stereocenters. The minimum Gasteiger partial charge on any atom is -0.325 e. The van der Waals surface area contributed by atoms with Gasteiger partial charge in [-0.15, -0.1) is 6.58 Å². The van der Waals surface area contributed by atoms with Crippen LogP contribution in [0.3, 0.4) is 0 Å². The van der Waals surface area contributed by atoms with Gasteiger partial charge in [-0.25, -0.2) is 0 Å². The summed E-state index contributed by atoms with van der Waals surface area (Å²) in [6, 6.07) is 10.7. The standard InChI is InChI=1S/C14H22N/c1-4-5-9-12-15(2,3)13-14-10-7-6-8-11-14/h4,6-8,10-11H,1,5,9,12-13H2,2-3H3/q+1. The van der Waals surface area contributed by atoms with Crippen molar-refractivity contribution in [2.24, 2.45) is 0 Å². The predicted molar refractivity (Wildman–Crippen MR) is 66.6 cm³/mol. The van der Waals surface area contributed by atoms with Crippen LogP contribution >= 0.6 is 0 Å². The lowest BCUT2D eigenvalue weighted by Crippen LogP contribution is -2.39. The Morgan fingerprint density at radius 3 is 2.47 bits per heavy atom. The van der Waals surface area contributed by atoms with Gasteiger partial charge in [-0.05, 0) is 12.8 Å². The fourth-order valence-electron chi connectivity index (χ4n) is 1.82. The van der Waals surface area contributed by atoms with E-state index in [1.54, 1.807) is 0 Å². The molecule has 0 bridgehead atoms. The Balaban J connectivity index is 2.45. The van der Waals surface area contributed by atoms with E-state index in [0.29, 0.717) is 0 Å². The van der Waals surface area contributed by atoms with Crippen molar-refractivity contribution in [2.75, 3.05) is 20.6 Å². The van der Waals surface area contributed by atoms with Crippen molar-refractivity contribution in [1.29, 1.82) is 0 Å². The fraction of sp³-hybridized carbons (Fsp3) is 0.429. The van der Waals surface area contributed by atoms with Crippen molar-refractivity contribution in [3.05, 3.63) is 48.6 Å². The van der Waals surface area contributed by atoms with E-state index < -0.39 is 0 Å². The second-order valence-corrected chi connectivity index (χ2v) is 4.73. The molecule has 1 nitrogen and oxygen atoms in total. The van der Waals surface area contributed by atoms with E-state index in [4.69, 9.17) is 0 Å². The van der Waals surface area contributed by atoms with Gasteiger partial charge in [0.25, 0.3) is 0 Å². The third kappa shape index (κ3) is 4.80. The lowest BCUT2D eigenvalue weighted by Gasteiger charge is -2.29. The van der Waals surface area contributed by atoms with Crippen molar-refractivity contribution in [1.82, 2.24) is 0 Å². The number of quaternary nitrogens is 1. The smallest absolute Gasteiger partial charge is 0.104 e. The van der Waals surface area contributed by atoms with Crippen LogP contribution in [0.2, 0.25) is 0 Å². The summed E-state index contributed by atoms with van der Waals surface area (Å²) in [5.41, 5.74) is 1.42. The molecule has 0 saturated carbocycles. The van der Waals surface area contributed by atoms with Gasteiger partial charge < -0.3 is 4.48 Å². The summed E-state index contributed by atoms with van der Waals surface area (Å²) in [6.45, 7) is 6.08. The first kappa shape index (κ1) is 12.0. The van der Waals surface area contributed by atoms with Gasteiger partial charge in [0.2, 0.25) is 0 Å². The van der Waals surface area contributed by atoms with Gasteiger partial charge in [-0.1, -0.05) is 36.4 Å². The first-order chi connectivity index (χ1) is 7.14. The molecule has 0 saturated heterocycles. The van der Waals surface area contributed by atoms with E-state index in [9.17, 15) is 0 Å². The zero-order valence-corrected chi connectivity index (χ0v) is 9.95. The minimum atomic E-state index is 1.05. The number of allylic oxidation sites excluding steroid dienone is 1. The zero-order chi connectivity index (χ0) is 11.1.